The zero-order chi connectivity index (χ0) is 17.5. The van der Waals surface area contributed by atoms with Crippen LogP contribution in [0, 0.1) is 0 Å². The monoisotopic (exact) mass is 344 g/mol. The lowest BCUT2D eigenvalue weighted by Gasteiger charge is -2.28. The van der Waals surface area contributed by atoms with E-state index in [1.165, 1.54) is 0 Å². The number of nitrogens with zero attached hydrogens (tertiary/aromatic N) is 1. The highest BCUT2D eigenvalue weighted by Crippen LogP contribution is 2.19. The Balaban J connectivity index is 2.23. The molecular formula is C19H21ClN2O2. The van der Waals surface area contributed by atoms with Crippen molar-refractivity contribution in [2.45, 2.75) is 25.9 Å². The molecule has 1 N–H and O–H groups in total. The van der Waals surface area contributed by atoms with E-state index in [0.717, 1.165) is 11.1 Å². The SMILES string of the molecule is CNC(=O)[C@H](C)N(Cc1ccccc1Cl)C(=O)Cc1ccccc1. The molecule has 0 saturated carbocycles. The van der Waals surface area contributed by atoms with Crippen molar-refractivity contribution in [2.75, 3.05) is 7.05 Å². The first kappa shape index (κ1) is 18.0. The number of nitrogens with one attached hydrogen (secondary N) is 1. The molecule has 5 heteroatoms. The summed E-state index contributed by atoms with van der Waals surface area (Å²) < 4.78 is 0. The van der Waals surface area contributed by atoms with Crippen molar-refractivity contribution in [1.29, 1.82) is 0 Å². The highest BCUT2D eigenvalue weighted by atomic mass is 35.5. The molecule has 0 spiro atoms. The number of likely N-dealkylation sites (N-methyl/N-ethyl adjacent to an activating group) is 1. The van der Waals surface area contributed by atoms with Crippen LogP contribution in [-0.2, 0) is 22.6 Å². The van der Waals surface area contributed by atoms with E-state index >= 15 is 0 Å². The highest BCUT2D eigenvalue weighted by molar-refractivity contribution is 6.31. The molecule has 2 amide bonds. The minimum atomic E-state index is -0.581. The van der Waals surface area contributed by atoms with Crippen molar-refractivity contribution < 1.29 is 9.59 Å². The van der Waals surface area contributed by atoms with E-state index in [1.807, 2.05) is 48.5 Å². The Morgan fingerprint density at radius 3 is 2.33 bits per heavy atom. The third-order valence-electron chi connectivity index (χ3n) is 3.91. The van der Waals surface area contributed by atoms with Gasteiger partial charge in [0, 0.05) is 18.6 Å². The minimum Gasteiger partial charge on any atom is -0.357 e. The van der Waals surface area contributed by atoms with Crippen LogP contribution in [0.15, 0.2) is 54.6 Å². The first-order valence-corrected chi connectivity index (χ1v) is 8.19. The van der Waals surface area contributed by atoms with Gasteiger partial charge in [-0.1, -0.05) is 60.1 Å². The maximum atomic E-state index is 12.8. The van der Waals surface area contributed by atoms with Gasteiger partial charge in [-0.15, -0.1) is 0 Å². The van der Waals surface area contributed by atoms with E-state index in [1.54, 1.807) is 24.9 Å². The number of carbonyl (C=O) groups excluding carboxylic acids is 2. The molecule has 0 saturated heterocycles. The molecule has 24 heavy (non-hydrogen) atoms. The molecule has 2 aromatic rings. The van der Waals surface area contributed by atoms with Crippen molar-refractivity contribution in [1.82, 2.24) is 10.2 Å². The zero-order valence-electron chi connectivity index (χ0n) is 13.8. The fourth-order valence-corrected chi connectivity index (χ4v) is 2.67. The highest BCUT2D eigenvalue weighted by Gasteiger charge is 2.25. The first-order chi connectivity index (χ1) is 11.5. The third kappa shape index (κ3) is 4.59. The fourth-order valence-electron chi connectivity index (χ4n) is 2.47. The maximum Gasteiger partial charge on any atom is 0.242 e. The molecular weight excluding hydrogens is 324 g/mol. The van der Waals surface area contributed by atoms with Crippen molar-refractivity contribution in [3.8, 4) is 0 Å². The summed E-state index contributed by atoms with van der Waals surface area (Å²) in [6, 6.07) is 16.3. The summed E-state index contributed by atoms with van der Waals surface area (Å²) in [6.45, 7) is 2.01. The Bertz CT molecular complexity index is 704. The van der Waals surface area contributed by atoms with Gasteiger partial charge in [-0.25, -0.2) is 0 Å². The standard InChI is InChI=1S/C19H21ClN2O2/c1-14(19(24)21-2)22(13-16-10-6-7-11-17(16)20)18(23)12-15-8-4-3-5-9-15/h3-11,14H,12-13H2,1-2H3,(H,21,24)/t14-/m0/s1. The van der Waals surface area contributed by atoms with Gasteiger partial charge in [-0.3, -0.25) is 9.59 Å². The molecule has 4 nitrogen and oxygen atoms in total. The largest absolute Gasteiger partial charge is 0.357 e. The molecule has 0 heterocycles. The van der Waals surface area contributed by atoms with Gasteiger partial charge in [0.2, 0.25) is 11.8 Å². The quantitative estimate of drug-likeness (QED) is 0.875. The predicted octanol–water partition coefficient (Wildman–Crippen LogP) is 3.05. The van der Waals surface area contributed by atoms with Crippen molar-refractivity contribution in [3.05, 3.63) is 70.7 Å². The second-order valence-corrected chi connectivity index (χ2v) is 5.97. The number of halogens is 1. The van der Waals surface area contributed by atoms with Gasteiger partial charge < -0.3 is 10.2 Å². The van der Waals surface area contributed by atoms with Crippen LogP contribution in [0.3, 0.4) is 0 Å². The summed E-state index contributed by atoms with van der Waals surface area (Å²) in [6.07, 6.45) is 0.243. The van der Waals surface area contributed by atoms with Crippen LogP contribution in [0.1, 0.15) is 18.1 Å². The molecule has 1 atom stereocenters. The molecule has 126 valence electrons. The topological polar surface area (TPSA) is 49.4 Å². The summed E-state index contributed by atoms with van der Waals surface area (Å²) in [5, 5.41) is 3.18. The molecule has 2 aromatic carbocycles. The van der Waals surface area contributed by atoms with Gasteiger partial charge in [0.05, 0.1) is 6.42 Å². The maximum absolute atomic E-state index is 12.8. The average Bonchev–Trinajstić information content (AvgIpc) is 2.60. The van der Waals surface area contributed by atoms with Crippen LogP contribution in [0.5, 0.6) is 0 Å². The predicted molar refractivity (Wildman–Crippen MR) is 95.7 cm³/mol. The lowest BCUT2D eigenvalue weighted by molar-refractivity contribution is -0.139. The van der Waals surface area contributed by atoms with Gasteiger partial charge in [0.1, 0.15) is 6.04 Å². The Morgan fingerprint density at radius 1 is 1.08 bits per heavy atom. The molecule has 0 aliphatic heterocycles. The Labute approximate surface area is 147 Å². The van der Waals surface area contributed by atoms with Crippen LogP contribution in [0.25, 0.3) is 0 Å². The van der Waals surface area contributed by atoms with E-state index in [4.69, 9.17) is 11.6 Å². The molecule has 0 aliphatic carbocycles. The molecule has 0 aliphatic rings. The fraction of sp³-hybridized carbons (Fsp3) is 0.263. The molecule has 2 rings (SSSR count). The number of carbonyl (C=O) groups is 2. The van der Waals surface area contributed by atoms with E-state index in [9.17, 15) is 9.59 Å². The van der Waals surface area contributed by atoms with Gasteiger partial charge in [-0.2, -0.15) is 0 Å². The molecule has 0 bridgehead atoms. The molecule has 0 aromatic heterocycles. The number of benzene rings is 2. The van der Waals surface area contributed by atoms with E-state index in [0.29, 0.717) is 11.6 Å². The number of hydrogen-bond donors (Lipinski definition) is 1. The van der Waals surface area contributed by atoms with Crippen molar-refractivity contribution >= 4 is 23.4 Å². The zero-order valence-corrected chi connectivity index (χ0v) is 14.6. The van der Waals surface area contributed by atoms with Crippen LogP contribution < -0.4 is 5.32 Å². The normalized spacial score (nSPS) is 11.6. The van der Waals surface area contributed by atoms with E-state index in [2.05, 4.69) is 5.32 Å². The summed E-state index contributed by atoms with van der Waals surface area (Å²) in [4.78, 5) is 26.4. The third-order valence-corrected chi connectivity index (χ3v) is 4.28. The van der Waals surface area contributed by atoms with Crippen LogP contribution in [0.4, 0.5) is 0 Å². The molecule has 0 fully saturated rings. The Morgan fingerprint density at radius 2 is 1.71 bits per heavy atom. The Kier molecular flexibility index (Phi) is 6.38. The van der Waals surface area contributed by atoms with Gasteiger partial charge in [0.15, 0.2) is 0 Å². The summed E-state index contributed by atoms with van der Waals surface area (Å²) in [5.74, 6) is -0.319. The summed E-state index contributed by atoms with van der Waals surface area (Å²) in [7, 11) is 1.56. The number of hydrogen-bond acceptors (Lipinski definition) is 2. The van der Waals surface area contributed by atoms with Crippen molar-refractivity contribution in [3.63, 3.8) is 0 Å². The summed E-state index contributed by atoms with van der Waals surface area (Å²) >= 11 is 6.21. The minimum absolute atomic E-state index is 0.114. The van der Waals surface area contributed by atoms with Gasteiger partial charge >= 0.3 is 0 Å². The van der Waals surface area contributed by atoms with E-state index < -0.39 is 6.04 Å². The summed E-state index contributed by atoms with van der Waals surface area (Å²) in [5.41, 5.74) is 1.73. The van der Waals surface area contributed by atoms with Gasteiger partial charge in [0.25, 0.3) is 0 Å². The molecule has 0 radical (unpaired) electrons. The van der Waals surface area contributed by atoms with Crippen LogP contribution in [-0.4, -0.2) is 29.8 Å². The second-order valence-electron chi connectivity index (χ2n) is 5.57. The Hall–Kier alpha value is -2.33. The lowest BCUT2D eigenvalue weighted by atomic mass is 10.1. The first-order valence-electron chi connectivity index (χ1n) is 7.81. The van der Waals surface area contributed by atoms with Crippen molar-refractivity contribution in [2.24, 2.45) is 0 Å². The smallest absolute Gasteiger partial charge is 0.242 e. The van der Waals surface area contributed by atoms with Crippen LogP contribution in [0.2, 0.25) is 5.02 Å². The number of rotatable bonds is 6. The molecule has 0 unspecified atom stereocenters. The lowest BCUT2D eigenvalue weighted by Crippen LogP contribution is -2.47. The van der Waals surface area contributed by atoms with Gasteiger partial charge in [-0.05, 0) is 24.1 Å². The second kappa shape index (κ2) is 8.50. The van der Waals surface area contributed by atoms with E-state index in [-0.39, 0.29) is 18.2 Å². The number of amides is 2. The van der Waals surface area contributed by atoms with Crippen LogP contribution >= 0.6 is 11.6 Å². The average molecular weight is 345 g/mol.